The van der Waals surface area contributed by atoms with E-state index in [1.54, 1.807) is 14.0 Å². The zero-order chi connectivity index (χ0) is 18.6. The molecule has 1 aromatic heterocycles. The fourth-order valence-electron chi connectivity index (χ4n) is 2.75. The van der Waals surface area contributed by atoms with Crippen molar-refractivity contribution in [2.24, 2.45) is 0 Å². The second kappa shape index (κ2) is 8.11. The number of aromatic amines is 2. The van der Waals surface area contributed by atoms with E-state index >= 15 is 0 Å². The van der Waals surface area contributed by atoms with Crippen LogP contribution in [0.1, 0.15) is 41.8 Å². The highest BCUT2D eigenvalue weighted by molar-refractivity contribution is 7.71. The Kier molecular flexibility index (Phi) is 6.14. The largest absolute Gasteiger partial charge is 0.496 e. The van der Waals surface area contributed by atoms with Crippen molar-refractivity contribution < 1.29 is 9.53 Å². The number of nitrogens with one attached hydrogen (secondary N) is 3. The molecular weight excluding hydrogens is 338 g/mol. The molecule has 2 rings (SSSR count). The molecule has 0 radical (unpaired) electrons. The monoisotopic (exact) mass is 361 g/mol. The van der Waals surface area contributed by atoms with Crippen LogP contribution in [0.25, 0.3) is 0 Å². The number of rotatable bonds is 6. The molecule has 2 aromatic rings. The second-order valence-electron chi connectivity index (χ2n) is 6.05. The van der Waals surface area contributed by atoms with Crippen LogP contribution in [-0.2, 0) is 11.2 Å². The lowest BCUT2D eigenvalue weighted by Crippen LogP contribution is -2.28. The van der Waals surface area contributed by atoms with Gasteiger partial charge in [-0.05, 0) is 45.5 Å². The van der Waals surface area contributed by atoms with Gasteiger partial charge in [-0.25, -0.2) is 0 Å². The molecule has 0 saturated heterocycles. The molecule has 0 fully saturated rings. The van der Waals surface area contributed by atoms with Crippen molar-refractivity contribution in [2.75, 3.05) is 7.11 Å². The molecular formula is C18H23N3O3S. The highest BCUT2D eigenvalue weighted by atomic mass is 32.1. The molecule has 0 aliphatic rings. The van der Waals surface area contributed by atoms with E-state index in [-0.39, 0.29) is 28.7 Å². The Morgan fingerprint density at radius 2 is 2.04 bits per heavy atom. The van der Waals surface area contributed by atoms with Crippen molar-refractivity contribution in [3.8, 4) is 5.75 Å². The minimum atomic E-state index is -0.248. The number of methoxy groups -OCH3 is 1. The Labute approximate surface area is 151 Å². The van der Waals surface area contributed by atoms with Gasteiger partial charge in [-0.2, -0.15) is 0 Å². The van der Waals surface area contributed by atoms with Crippen molar-refractivity contribution in [1.29, 1.82) is 0 Å². The van der Waals surface area contributed by atoms with E-state index in [9.17, 15) is 9.59 Å². The summed E-state index contributed by atoms with van der Waals surface area (Å²) in [6.45, 7) is 5.68. The number of amides is 1. The molecule has 25 heavy (non-hydrogen) atoms. The predicted molar refractivity (Wildman–Crippen MR) is 99.6 cm³/mol. The van der Waals surface area contributed by atoms with Gasteiger partial charge in [-0.15, -0.1) is 0 Å². The maximum Gasteiger partial charge on any atom is 0.255 e. The maximum atomic E-state index is 12.3. The van der Waals surface area contributed by atoms with Gasteiger partial charge in [0.1, 0.15) is 5.75 Å². The third kappa shape index (κ3) is 4.79. The van der Waals surface area contributed by atoms with Crippen molar-refractivity contribution in [2.45, 2.75) is 39.7 Å². The Morgan fingerprint density at radius 3 is 2.68 bits per heavy atom. The number of ether oxygens (including phenoxy) is 1. The van der Waals surface area contributed by atoms with Gasteiger partial charge in [0.25, 0.3) is 5.56 Å². The lowest BCUT2D eigenvalue weighted by atomic mass is 10.0. The van der Waals surface area contributed by atoms with E-state index in [2.05, 4.69) is 15.3 Å². The summed E-state index contributed by atoms with van der Waals surface area (Å²) < 4.78 is 5.65. The zero-order valence-electron chi connectivity index (χ0n) is 14.9. The topological polar surface area (TPSA) is 87.0 Å². The van der Waals surface area contributed by atoms with Crippen LogP contribution in [0.3, 0.4) is 0 Å². The van der Waals surface area contributed by atoms with Crippen molar-refractivity contribution >= 4 is 18.1 Å². The summed E-state index contributed by atoms with van der Waals surface area (Å²) in [6, 6.07) is 5.66. The Balaban J connectivity index is 2.05. The highest BCUT2D eigenvalue weighted by Crippen LogP contribution is 2.26. The molecule has 1 amide bonds. The first kappa shape index (κ1) is 18.9. The van der Waals surface area contributed by atoms with Gasteiger partial charge < -0.3 is 15.0 Å². The van der Waals surface area contributed by atoms with E-state index < -0.39 is 0 Å². The highest BCUT2D eigenvalue weighted by Gasteiger charge is 2.15. The quantitative estimate of drug-likeness (QED) is 0.691. The van der Waals surface area contributed by atoms with E-state index in [1.165, 1.54) is 0 Å². The fourth-order valence-corrected chi connectivity index (χ4v) is 2.99. The van der Waals surface area contributed by atoms with Gasteiger partial charge in [0.2, 0.25) is 5.91 Å². The number of aryl methyl sites for hydroxylation is 2. The third-order valence-corrected chi connectivity index (χ3v) is 4.29. The van der Waals surface area contributed by atoms with Gasteiger partial charge in [-0.3, -0.25) is 14.6 Å². The first-order valence-corrected chi connectivity index (χ1v) is 8.48. The van der Waals surface area contributed by atoms with Crippen LogP contribution in [0, 0.1) is 18.6 Å². The second-order valence-corrected chi connectivity index (χ2v) is 6.45. The van der Waals surface area contributed by atoms with Crippen LogP contribution in [0.4, 0.5) is 0 Å². The van der Waals surface area contributed by atoms with Gasteiger partial charge in [0.15, 0.2) is 4.77 Å². The minimum Gasteiger partial charge on any atom is -0.496 e. The number of hydrogen-bond acceptors (Lipinski definition) is 4. The van der Waals surface area contributed by atoms with E-state index in [1.807, 2.05) is 32.0 Å². The van der Waals surface area contributed by atoms with Gasteiger partial charge in [0, 0.05) is 23.2 Å². The molecule has 1 heterocycles. The molecule has 7 heteroatoms. The molecule has 0 bridgehead atoms. The Bertz CT molecular complexity index is 886. The molecule has 0 aliphatic carbocycles. The van der Waals surface area contributed by atoms with E-state index in [0.29, 0.717) is 17.7 Å². The standard InChI is InChI=1S/C18H23N3O3S/c1-10-5-7-15(24-4)14(9-10)12(3)19-16(22)8-6-13-11(2)20-18(25)21-17(13)23/h5,7,9,12H,6,8H2,1-4H3,(H,19,22)(H2,20,21,23,25)/t12-/m1/s1. The summed E-state index contributed by atoms with van der Waals surface area (Å²) in [5, 5.41) is 2.96. The molecule has 6 nitrogen and oxygen atoms in total. The average molecular weight is 361 g/mol. The number of carbonyl (C=O) groups excluding carboxylic acids is 1. The third-order valence-electron chi connectivity index (χ3n) is 4.09. The van der Waals surface area contributed by atoms with Crippen LogP contribution in [-0.4, -0.2) is 23.0 Å². The molecule has 0 spiro atoms. The summed E-state index contributed by atoms with van der Waals surface area (Å²) in [7, 11) is 1.61. The first-order valence-electron chi connectivity index (χ1n) is 8.07. The molecule has 134 valence electrons. The molecule has 1 atom stereocenters. The van der Waals surface area contributed by atoms with Crippen LogP contribution in [0.2, 0.25) is 0 Å². The average Bonchev–Trinajstić information content (AvgIpc) is 2.53. The fraction of sp³-hybridized carbons (Fsp3) is 0.389. The summed E-state index contributed by atoms with van der Waals surface area (Å²) in [5.74, 6) is 0.610. The van der Waals surface area contributed by atoms with Crippen LogP contribution >= 0.6 is 12.2 Å². The molecule has 0 aliphatic heterocycles. The first-order chi connectivity index (χ1) is 11.8. The normalized spacial score (nSPS) is 11.8. The van der Waals surface area contributed by atoms with E-state index in [0.717, 1.165) is 16.9 Å². The van der Waals surface area contributed by atoms with E-state index in [4.69, 9.17) is 17.0 Å². The molecule has 0 unspecified atom stereocenters. The van der Waals surface area contributed by atoms with Crippen LogP contribution in [0.5, 0.6) is 5.75 Å². The number of carbonyl (C=O) groups is 1. The van der Waals surface area contributed by atoms with Gasteiger partial charge in [0.05, 0.1) is 13.2 Å². The van der Waals surface area contributed by atoms with Crippen LogP contribution < -0.4 is 15.6 Å². The van der Waals surface area contributed by atoms with Crippen molar-refractivity contribution in [3.63, 3.8) is 0 Å². The summed E-state index contributed by atoms with van der Waals surface area (Å²) in [5.41, 5.74) is 3.01. The Morgan fingerprint density at radius 1 is 1.32 bits per heavy atom. The molecule has 1 aromatic carbocycles. The maximum absolute atomic E-state index is 12.3. The minimum absolute atomic E-state index is 0.127. The number of aromatic nitrogens is 2. The van der Waals surface area contributed by atoms with Gasteiger partial charge in [-0.1, -0.05) is 17.7 Å². The van der Waals surface area contributed by atoms with Gasteiger partial charge >= 0.3 is 0 Å². The SMILES string of the molecule is COc1ccc(C)cc1[C@@H](C)NC(=O)CCc1c(C)[nH]c(=S)[nH]c1=O. The summed E-state index contributed by atoms with van der Waals surface area (Å²) in [4.78, 5) is 29.7. The summed E-state index contributed by atoms with van der Waals surface area (Å²) in [6.07, 6.45) is 0.559. The smallest absolute Gasteiger partial charge is 0.255 e. The lowest BCUT2D eigenvalue weighted by molar-refractivity contribution is -0.121. The van der Waals surface area contributed by atoms with Crippen molar-refractivity contribution in [1.82, 2.24) is 15.3 Å². The van der Waals surface area contributed by atoms with Crippen LogP contribution in [0.15, 0.2) is 23.0 Å². The summed E-state index contributed by atoms with van der Waals surface area (Å²) >= 11 is 4.93. The Hall–Kier alpha value is -2.41. The lowest BCUT2D eigenvalue weighted by Gasteiger charge is -2.18. The predicted octanol–water partition coefficient (Wildman–Crippen LogP) is 2.87. The number of H-pyrrole nitrogens is 2. The molecule has 3 N–H and O–H groups in total. The molecule has 0 saturated carbocycles. The zero-order valence-corrected chi connectivity index (χ0v) is 15.7. The number of benzene rings is 1. The van der Waals surface area contributed by atoms with Crippen molar-refractivity contribution in [3.05, 3.63) is 55.7 Å². The number of hydrogen-bond donors (Lipinski definition) is 3.